The van der Waals surface area contributed by atoms with E-state index in [9.17, 15) is 4.79 Å². The highest BCUT2D eigenvalue weighted by molar-refractivity contribution is 5.88. The van der Waals surface area contributed by atoms with Gasteiger partial charge in [0.1, 0.15) is 16.9 Å². The minimum atomic E-state index is -0.997. The van der Waals surface area contributed by atoms with E-state index in [0.29, 0.717) is 32.2 Å². The maximum absolute atomic E-state index is 14.0. The van der Waals surface area contributed by atoms with E-state index >= 15 is 0 Å². The van der Waals surface area contributed by atoms with Crippen LogP contribution in [-0.4, -0.2) is 64.0 Å². The van der Waals surface area contributed by atoms with Crippen LogP contribution in [0.4, 0.5) is 0 Å². The highest BCUT2D eigenvalue weighted by Crippen LogP contribution is 2.41. The summed E-state index contributed by atoms with van der Waals surface area (Å²) in [5.74, 6) is 1.70. The summed E-state index contributed by atoms with van der Waals surface area (Å²) in [4.78, 5) is 16.4. The van der Waals surface area contributed by atoms with Crippen LogP contribution in [0.1, 0.15) is 51.2 Å². The SMILES string of the molecule is CCOC(=O)C(CC(COCC(C)C)N1CCCC1)(c1ccc(OC)cc1)c1ccc(OC)cc1. The zero-order valence-corrected chi connectivity index (χ0v) is 21.9. The molecule has 0 amide bonds. The summed E-state index contributed by atoms with van der Waals surface area (Å²) >= 11 is 0. The molecule has 1 aliphatic rings. The number of rotatable bonds is 13. The van der Waals surface area contributed by atoms with Crippen LogP contribution in [0.5, 0.6) is 11.5 Å². The van der Waals surface area contributed by atoms with Crippen LogP contribution in [-0.2, 0) is 19.7 Å². The van der Waals surface area contributed by atoms with Gasteiger partial charge in [0.25, 0.3) is 0 Å². The van der Waals surface area contributed by atoms with Crippen molar-refractivity contribution in [2.45, 2.75) is 51.5 Å². The summed E-state index contributed by atoms with van der Waals surface area (Å²) in [5.41, 5.74) is 0.771. The second kappa shape index (κ2) is 12.9. The zero-order chi connectivity index (χ0) is 25.3. The number of carbonyl (C=O) groups is 1. The van der Waals surface area contributed by atoms with E-state index in [1.165, 1.54) is 0 Å². The summed E-state index contributed by atoms with van der Waals surface area (Å²) in [6.45, 7) is 9.78. The lowest BCUT2D eigenvalue weighted by Crippen LogP contribution is -2.48. The van der Waals surface area contributed by atoms with Crippen molar-refractivity contribution in [2.24, 2.45) is 5.92 Å². The molecule has 192 valence electrons. The molecule has 0 bridgehead atoms. The third-order valence-electron chi connectivity index (χ3n) is 6.75. The lowest BCUT2D eigenvalue weighted by molar-refractivity contribution is -0.149. The Balaban J connectivity index is 2.12. The smallest absolute Gasteiger partial charge is 0.321 e. The molecule has 1 fully saturated rings. The number of hydrogen-bond acceptors (Lipinski definition) is 6. The Hall–Kier alpha value is -2.57. The number of hydrogen-bond donors (Lipinski definition) is 0. The second-order valence-electron chi connectivity index (χ2n) is 9.62. The van der Waals surface area contributed by atoms with E-state index in [2.05, 4.69) is 18.7 Å². The van der Waals surface area contributed by atoms with Crippen molar-refractivity contribution in [3.63, 3.8) is 0 Å². The van der Waals surface area contributed by atoms with Gasteiger partial charge in [-0.15, -0.1) is 0 Å². The van der Waals surface area contributed by atoms with Crippen LogP contribution in [0, 0.1) is 5.92 Å². The number of likely N-dealkylation sites (tertiary alicyclic amines) is 1. The molecule has 1 unspecified atom stereocenters. The van der Waals surface area contributed by atoms with E-state index in [-0.39, 0.29) is 12.0 Å². The van der Waals surface area contributed by atoms with Crippen molar-refractivity contribution >= 4 is 5.97 Å². The Labute approximate surface area is 210 Å². The minimum Gasteiger partial charge on any atom is -0.497 e. The van der Waals surface area contributed by atoms with Crippen molar-refractivity contribution in [2.75, 3.05) is 47.1 Å². The van der Waals surface area contributed by atoms with Gasteiger partial charge in [0.15, 0.2) is 0 Å². The molecule has 2 aromatic carbocycles. The highest BCUT2D eigenvalue weighted by atomic mass is 16.5. The van der Waals surface area contributed by atoms with Crippen LogP contribution in [0.15, 0.2) is 48.5 Å². The monoisotopic (exact) mass is 483 g/mol. The molecule has 2 aromatic rings. The van der Waals surface area contributed by atoms with Gasteiger partial charge in [-0.25, -0.2) is 0 Å². The van der Waals surface area contributed by atoms with Crippen molar-refractivity contribution in [3.05, 3.63) is 59.7 Å². The van der Waals surface area contributed by atoms with Gasteiger partial charge in [0, 0.05) is 12.6 Å². The summed E-state index contributed by atoms with van der Waals surface area (Å²) in [7, 11) is 3.29. The fourth-order valence-corrected chi connectivity index (χ4v) is 4.92. The van der Waals surface area contributed by atoms with Gasteiger partial charge in [0.2, 0.25) is 0 Å². The van der Waals surface area contributed by atoms with Gasteiger partial charge in [-0.1, -0.05) is 38.1 Å². The number of methoxy groups -OCH3 is 2. The summed E-state index contributed by atoms with van der Waals surface area (Å²) in [5, 5.41) is 0. The van der Waals surface area contributed by atoms with Gasteiger partial charge in [-0.2, -0.15) is 0 Å². The molecule has 6 nitrogen and oxygen atoms in total. The van der Waals surface area contributed by atoms with Crippen LogP contribution in [0.3, 0.4) is 0 Å². The lowest BCUT2D eigenvalue weighted by Gasteiger charge is -2.39. The zero-order valence-electron chi connectivity index (χ0n) is 21.9. The number of esters is 1. The van der Waals surface area contributed by atoms with E-state index in [1.807, 2.05) is 55.5 Å². The van der Waals surface area contributed by atoms with Crippen LogP contribution in [0.25, 0.3) is 0 Å². The Bertz CT molecular complexity index is 856. The Morgan fingerprint density at radius 2 is 1.40 bits per heavy atom. The molecule has 1 heterocycles. The van der Waals surface area contributed by atoms with Crippen molar-refractivity contribution in [3.8, 4) is 11.5 Å². The predicted octanol–water partition coefficient (Wildman–Crippen LogP) is 5.08. The van der Waals surface area contributed by atoms with Crippen molar-refractivity contribution < 1.29 is 23.7 Å². The molecule has 0 radical (unpaired) electrons. The first-order valence-electron chi connectivity index (χ1n) is 12.7. The van der Waals surface area contributed by atoms with Crippen LogP contribution in [0.2, 0.25) is 0 Å². The number of ether oxygens (including phenoxy) is 4. The third kappa shape index (κ3) is 6.56. The first-order chi connectivity index (χ1) is 16.9. The summed E-state index contributed by atoms with van der Waals surface area (Å²) in [6, 6.07) is 15.6. The van der Waals surface area contributed by atoms with Gasteiger partial charge in [0.05, 0.1) is 27.4 Å². The van der Waals surface area contributed by atoms with Gasteiger partial charge in [-0.05, 0) is 80.6 Å². The standard InChI is InChI=1S/C29H41NO5/c1-6-35-28(31)29(23-9-13-26(32-4)14-10-23,24-11-15-27(33-5)16-12-24)19-25(21-34-20-22(2)3)30-17-7-8-18-30/h9-16,22,25H,6-8,17-21H2,1-5H3. The molecule has 35 heavy (non-hydrogen) atoms. The summed E-state index contributed by atoms with van der Waals surface area (Å²) in [6.07, 6.45) is 2.89. The highest BCUT2D eigenvalue weighted by Gasteiger charge is 2.46. The molecular formula is C29H41NO5. The maximum Gasteiger partial charge on any atom is 0.321 e. The van der Waals surface area contributed by atoms with Crippen LogP contribution >= 0.6 is 0 Å². The molecular weight excluding hydrogens is 442 g/mol. The fraction of sp³-hybridized carbons (Fsp3) is 0.552. The quantitative estimate of drug-likeness (QED) is 0.370. The second-order valence-corrected chi connectivity index (χ2v) is 9.62. The molecule has 1 aliphatic heterocycles. The van der Waals surface area contributed by atoms with E-state index < -0.39 is 5.41 Å². The average Bonchev–Trinajstić information content (AvgIpc) is 3.41. The van der Waals surface area contributed by atoms with Crippen LogP contribution < -0.4 is 9.47 Å². The normalized spacial score (nSPS) is 15.3. The minimum absolute atomic E-state index is 0.0739. The Morgan fingerprint density at radius 1 is 0.886 bits per heavy atom. The molecule has 0 N–H and O–H groups in total. The molecule has 0 aliphatic carbocycles. The molecule has 0 spiro atoms. The Morgan fingerprint density at radius 3 is 1.83 bits per heavy atom. The Kier molecular flexibility index (Phi) is 9.99. The summed E-state index contributed by atoms with van der Waals surface area (Å²) < 4.78 is 22.7. The first-order valence-corrected chi connectivity index (χ1v) is 12.7. The lowest BCUT2D eigenvalue weighted by atomic mass is 9.70. The molecule has 6 heteroatoms. The van der Waals surface area contributed by atoms with E-state index in [4.69, 9.17) is 18.9 Å². The largest absolute Gasteiger partial charge is 0.497 e. The maximum atomic E-state index is 14.0. The van der Waals surface area contributed by atoms with Gasteiger partial charge < -0.3 is 18.9 Å². The first kappa shape index (κ1) is 27.0. The molecule has 1 atom stereocenters. The molecule has 0 aromatic heterocycles. The topological polar surface area (TPSA) is 57.2 Å². The van der Waals surface area contributed by atoms with Crippen molar-refractivity contribution in [1.82, 2.24) is 4.90 Å². The molecule has 3 rings (SSSR count). The fourth-order valence-electron chi connectivity index (χ4n) is 4.92. The molecule has 0 saturated carbocycles. The van der Waals surface area contributed by atoms with Crippen molar-refractivity contribution in [1.29, 1.82) is 0 Å². The van der Waals surface area contributed by atoms with Gasteiger partial charge >= 0.3 is 5.97 Å². The number of benzene rings is 2. The van der Waals surface area contributed by atoms with E-state index in [0.717, 1.165) is 48.6 Å². The third-order valence-corrected chi connectivity index (χ3v) is 6.75. The molecule has 1 saturated heterocycles. The van der Waals surface area contributed by atoms with E-state index in [1.54, 1.807) is 14.2 Å². The average molecular weight is 484 g/mol. The van der Waals surface area contributed by atoms with Gasteiger partial charge in [-0.3, -0.25) is 9.69 Å². The predicted molar refractivity (Wildman–Crippen MR) is 138 cm³/mol. The number of nitrogens with zero attached hydrogens (tertiary/aromatic N) is 1. The number of carbonyl (C=O) groups excluding carboxylic acids is 1.